The quantitative estimate of drug-likeness (QED) is 0.564. The minimum Gasteiger partial charge on any atom is -0.496 e. The number of nitrogens with two attached hydrogens (primary N) is 1. The summed E-state index contributed by atoms with van der Waals surface area (Å²) in [6.45, 7) is 1.99. The minimum atomic E-state index is 0.0266. The summed E-state index contributed by atoms with van der Waals surface area (Å²) in [6, 6.07) is 14.6. The molecule has 0 spiro atoms. The summed E-state index contributed by atoms with van der Waals surface area (Å²) in [5.41, 5.74) is 10.3. The highest BCUT2D eigenvalue weighted by atomic mass is 32.1. The van der Waals surface area contributed by atoms with Crippen LogP contribution in [0.3, 0.4) is 0 Å². The second-order valence-corrected chi connectivity index (χ2v) is 6.85. The molecule has 4 heteroatoms. The Labute approximate surface area is 144 Å². The van der Waals surface area contributed by atoms with E-state index < -0.39 is 0 Å². The minimum absolute atomic E-state index is 0.0266. The van der Waals surface area contributed by atoms with Crippen molar-refractivity contribution in [1.82, 2.24) is 4.98 Å². The summed E-state index contributed by atoms with van der Waals surface area (Å²) in [6.07, 6.45) is 1.94. The fourth-order valence-corrected chi connectivity index (χ4v) is 3.88. The van der Waals surface area contributed by atoms with Crippen molar-refractivity contribution in [3.05, 3.63) is 59.6 Å². The molecule has 2 aromatic heterocycles. The van der Waals surface area contributed by atoms with Gasteiger partial charge in [0.1, 0.15) is 5.75 Å². The number of hydrogen-bond donors (Lipinski definition) is 1. The Kier molecular flexibility index (Phi) is 3.71. The van der Waals surface area contributed by atoms with Crippen molar-refractivity contribution in [1.29, 1.82) is 0 Å². The lowest BCUT2D eigenvalue weighted by atomic mass is 9.96. The SMILES string of the molecule is COc1ccc2ncc3sccc3c2c1-c1ccc([C@@H](C)N)cc1. The average Bonchev–Trinajstić information content (AvgIpc) is 3.09. The maximum atomic E-state index is 5.98. The van der Waals surface area contributed by atoms with Crippen molar-refractivity contribution in [3.8, 4) is 16.9 Å². The predicted octanol–water partition coefficient (Wildman–Crippen LogP) is 5.14. The van der Waals surface area contributed by atoms with Gasteiger partial charge in [-0.2, -0.15) is 0 Å². The van der Waals surface area contributed by atoms with Gasteiger partial charge < -0.3 is 10.5 Å². The predicted molar refractivity (Wildman–Crippen MR) is 102 cm³/mol. The fraction of sp³-hybridized carbons (Fsp3) is 0.150. The number of aromatic nitrogens is 1. The number of benzene rings is 2. The van der Waals surface area contributed by atoms with Gasteiger partial charge in [-0.1, -0.05) is 24.3 Å². The van der Waals surface area contributed by atoms with Gasteiger partial charge in [-0.05, 0) is 41.6 Å². The molecule has 1 atom stereocenters. The molecule has 2 aromatic carbocycles. The van der Waals surface area contributed by atoms with Gasteiger partial charge in [-0.25, -0.2) is 0 Å². The molecule has 0 aliphatic heterocycles. The van der Waals surface area contributed by atoms with E-state index >= 15 is 0 Å². The summed E-state index contributed by atoms with van der Waals surface area (Å²) in [7, 11) is 1.71. The van der Waals surface area contributed by atoms with Crippen LogP contribution in [0.5, 0.6) is 5.75 Å². The Morgan fingerprint density at radius 3 is 2.58 bits per heavy atom. The molecule has 2 heterocycles. The van der Waals surface area contributed by atoms with E-state index in [1.165, 1.54) is 10.1 Å². The molecular formula is C20H18N2OS. The second kappa shape index (κ2) is 5.89. The zero-order valence-corrected chi connectivity index (χ0v) is 14.4. The molecule has 120 valence electrons. The number of methoxy groups -OCH3 is 1. The monoisotopic (exact) mass is 334 g/mol. The third-order valence-electron chi connectivity index (χ3n) is 4.38. The van der Waals surface area contributed by atoms with Gasteiger partial charge in [-0.15, -0.1) is 11.3 Å². The van der Waals surface area contributed by atoms with E-state index in [1.807, 2.05) is 25.3 Å². The van der Waals surface area contributed by atoms with Crippen molar-refractivity contribution < 1.29 is 4.74 Å². The maximum absolute atomic E-state index is 5.98. The van der Waals surface area contributed by atoms with Gasteiger partial charge >= 0.3 is 0 Å². The lowest BCUT2D eigenvalue weighted by molar-refractivity contribution is 0.417. The molecule has 0 aliphatic carbocycles. The number of rotatable bonds is 3. The van der Waals surface area contributed by atoms with Crippen LogP contribution in [0.2, 0.25) is 0 Å². The highest BCUT2D eigenvalue weighted by Gasteiger charge is 2.15. The number of nitrogens with zero attached hydrogens (tertiary/aromatic N) is 1. The summed E-state index contributed by atoms with van der Waals surface area (Å²) in [5, 5.41) is 4.46. The van der Waals surface area contributed by atoms with Gasteiger partial charge in [-0.3, -0.25) is 4.98 Å². The van der Waals surface area contributed by atoms with Crippen LogP contribution in [-0.2, 0) is 0 Å². The van der Waals surface area contributed by atoms with E-state index in [-0.39, 0.29) is 6.04 Å². The molecule has 0 aliphatic rings. The van der Waals surface area contributed by atoms with Gasteiger partial charge in [0.25, 0.3) is 0 Å². The van der Waals surface area contributed by atoms with Crippen molar-refractivity contribution in [2.24, 2.45) is 5.73 Å². The molecule has 0 fully saturated rings. The molecule has 0 amide bonds. The summed E-state index contributed by atoms with van der Waals surface area (Å²) in [4.78, 5) is 4.62. The number of ether oxygens (including phenoxy) is 1. The highest BCUT2D eigenvalue weighted by molar-refractivity contribution is 7.17. The molecule has 4 rings (SSSR count). The van der Waals surface area contributed by atoms with Crippen LogP contribution in [0.15, 0.2) is 54.0 Å². The standard InChI is InChI=1S/C20H18N2OS/c1-12(21)13-3-5-14(6-4-13)19-17(23-2)8-7-16-20(19)15-9-10-24-18(15)11-22-16/h3-12H,21H2,1-2H3/t12-/m1/s1. The number of fused-ring (bicyclic) bond motifs is 3. The Balaban J connectivity index is 2.06. The van der Waals surface area contributed by atoms with Gasteiger partial charge in [0.05, 0.1) is 17.3 Å². The van der Waals surface area contributed by atoms with E-state index in [4.69, 9.17) is 10.5 Å². The highest BCUT2D eigenvalue weighted by Crippen LogP contribution is 2.41. The van der Waals surface area contributed by atoms with Crippen LogP contribution in [0.1, 0.15) is 18.5 Å². The van der Waals surface area contributed by atoms with Crippen LogP contribution in [0.25, 0.3) is 32.1 Å². The van der Waals surface area contributed by atoms with Crippen LogP contribution in [-0.4, -0.2) is 12.1 Å². The first-order valence-corrected chi connectivity index (χ1v) is 8.76. The Morgan fingerprint density at radius 1 is 1.08 bits per heavy atom. The third-order valence-corrected chi connectivity index (χ3v) is 5.23. The van der Waals surface area contributed by atoms with Gasteiger partial charge in [0.15, 0.2) is 0 Å². The molecule has 0 radical (unpaired) electrons. The normalized spacial score (nSPS) is 12.6. The van der Waals surface area contributed by atoms with E-state index in [0.29, 0.717) is 0 Å². The van der Waals surface area contributed by atoms with E-state index in [0.717, 1.165) is 33.3 Å². The molecular weight excluding hydrogens is 316 g/mol. The van der Waals surface area contributed by atoms with Crippen molar-refractivity contribution in [2.45, 2.75) is 13.0 Å². The Bertz CT molecular complexity index is 1020. The zero-order valence-electron chi connectivity index (χ0n) is 13.6. The number of hydrogen-bond acceptors (Lipinski definition) is 4. The van der Waals surface area contributed by atoms with Crippen molar-refractivity contribution in [2.75, 3.05) is 7.11 Å². The van der Waals surface area contributed by atoms with Crippen LogP contribution in [0, 0.1) is 0 Å². The van der Waals surface area contributed by atoms with E-state index in [1.54, 1.807) is 18.4 Å². The van der Waals surface area contributed by atoms with Gasteiger partial charge in [0, 0.05) is 28.6 Å². The molecule has 2 N–H and O–H groups in total. The third kappa shape index (κ3) is 2.35. The lowest BCUT2D eigenvalue weighted by Gasteiger charge is -2.14. The van der Waals surface area contributed by atoms with Crippen LogP contribution >= 0.6 is 11.3 Å². The first kappa shape index (κ1) is 15.1. The maximum Gasteiger partial charge on any atom is 0.127 e. The van der Waals surface area contributed by atoms with Crippen molar-refractivity contribution >= 4 is 32.3 Å². The summed E-state index contributed by atoms with van der Waals surface area (Å²) >= 11 is 1.71. The summed E-state index contributed by atoms with van der Waals surface area (Å²) in [5.74, 6) is 0.858. The Hall–Kier alpha value is -2.43. The van der Waals surface area contributed by atoms with Crippen LogP contribution in [0.4, 0.5) is 0 Å². The Morgan fingerprint density at radius 2 is 1.88 bits per heavy atom. The fourth-order valence-electron chi connectivity index (χ4n) is 3.12. The number of thiophene rings is 1. The average molecular weight is 334 g/mol. The molecule has 3 nitrogen and oxygen atoms in total. The largest absolute Gasteiger partial charge is 0.496 e. The summed E-state index contributed by atoms with van der Waals surface area (Å²) < 4.78 is 6.85. The topological polar surface area (TPSA) is 48.1 Å². The second-order valence-electron chi connectivity index (χ2n) is 5.90. The molecule has 24 heavy (non-hydrogen) atoms. The zero-order chi connectivity index (χ0) is 16.7. The smallest absolute Gasteiger partial charge is 0.127 e. The number of pyridine rings is 1. The molecule has 4 aromatic rings. The molecule has 0 saturated heterocycles. The van der Waals surface area contributed by atoms with Gasteiger partial charge in [0.2, 0.25) is 0 Å². The van der Waals surface area contributed by atoms with Crippen molar-refractivity contribution in [3.63, 3.8) is 0 Å². The lowest BCUT2D eigenvalue weighted by Crippen LogP contribution is -2.04. The van der Waals surface area contributed by atoms with E-state index in [2.05, 4.69) is 40.7 Å². The first-order valence-electron chi connectivity index (χ1n) is 7.88. The molecule has 0 unspecified atom stereocenters. The molecule has 0 saturated carbocycles. The van der Waals surface area contributed by atoms with Crippen LogP contribution < -0.4 is 10.5 Å². The molecule has 0 bridgehead atoms. The first-order chi connectivity index (χ1) is 11.7. The van der Waals surface area contributed by atoms with E-state index in [9.17, 15) is 0 Å².